The van der Waals surface area contributed by atoms with E-state index in [4.69, 9.17) is 4.74 Å². The van der Waals surface area contributed by atoms with Crippen LogP contribution in [0.3, 0.4) is 0 Å². The summed E-state index contributed by atoms with van der Waals surface area (Å²) in [5.41, 5.74) is -0.662. The van der Waals surface area contributed by atoms with E-state index < -0.39 is 5.60 Å². The monoisotopic (exact) mass is 255 g/mol. The highest BCUT2D eigenvalue weighted by atomic mass is 16.5. The van der Waals surface area contributed by atoms with E-state index in [1.54, 1.807) is 14.0 Å². The number of ether oxygens (including phenoxy) is 1. The molecule has 104 valence electrons. The molecule has 0 aromatic carbocycles. The van der Waals surface area contributed by atoms with Gasteiger partial charge in [0.2, 0.25) is 5.91 Å². The highest BCUT2D eigenvalue weighted by Crippen LogP contribution is 2.49. The highest BCUT2D eigenvalue weighted by Gasteiger charge is 2.40. The van der Waals surface area contributed by atoms with Crippen molar-refractivity contribution in [2.24, 2.45) is 17.8 Å². The number of rotatable bonds is 6. The molecule has 0 spiro atoms. The molecule has 2 N–H and O–H groups in total. The zero-order valence-corrected chi connectivity index (χ0v) is 11.4. The van der Waals surface area contributed by atoms with E-state index >= 15 is 0 Å². The van der Waals surface area contributed by atoms with Crippen molar-refractivity contribution in [1.82, 2.24) is 5.32 Å². The Morgan fingerprint density at radius 3 is 2.72 bits per heavy atom. The average molecular weight is 255 g/mol. The largest absolute Gasteiger partial charge is 0.393 e. The molecule has 0 aliphatic heterocycles. The molecule has 1 amide bonds. The van der Waals surface area contributed by atoms with Gasteiger partial charge in [0, 0.05) is 20.1 Å². The standard InChI is InChI=1S/C14H25NO3/c1-14(9-16,18-2)8-15-13(17)7-12-6-10-3-4-11(12)5-10/h10-12,16H,3-9H2,1-2H3,(H,15,17). The van der Waals surface area contributed by atoms with Crippen molar-refractivity contribution in [3.63, 3.8) is 0 Å². The van der Waals surface area contributed by atoms with E-state index in [1.807, 2.05) is 0 Å². The lowest BCUT2D eigenvalue weighted by molar-refractivity contribution is -0.124. The van der Waals surface area contributed by atoms with E-state index in [2.05, 4.69) is 5.32 Å². The molecule has 2 aliphatic rings. The first-order valence-electron chi connectivity index (χ1n) is 6.99. The molecular weight excluding hydrogens is 230 g/mol. The van der Waals surface area contributed by atoms with Crippen molar-refractivity contribution in [2.45, 2.75) is 44.6 Å². The minimum Gasteiger partial charge on any atom is -0.393 e. The highest BCUT2D eigenvalue weighted by molar-refractivity contribution is 5.76. The summed E-state index contributed by atoms with van der Waals surface area (Å²) < 4.78 is 5.19. The van der Waals surface area contributed by atoms with Gasteiger partial charge in [-0.15, -0.1) is 0 Å². The van der Waals surface area contributed by atoms with Gasteiger partial charge >= 0.3 is 0 Å². The molecule has 4 nitrogen and oxygen atoms in total. The fraction of sp³-hybridized carbons (Fsp3) is 0.929. The Morgan fingerprint density at radius 1 is 1.44 bits per heavy atom. The Balaban J connectivity index is 1.72. The molecule has 0 aromatic rings. The quantitative estimate of drug-likeness (QED) is 0.752. The van der Waals surface area contributed by atoms with Crippen LogP contribution in [-0.4, -0.2) is 36.9 Å². The third-order valence-corrected chi connectivity index (χ3v) is 4.82. The Labute approximate surface area is 109 Å². The number of fused-ring (bicyclic) bond motifs is 2. The van der Waals surface area contributed by atoms with Gasteiger partial charge in [0.15, 0.2) is 0 Å². The van der Waals surface area contributed by atoms with E-state index in [1.165, 1.54) is 25.7 Å². The predicted molar refractivity (Wildman–Crippen MR) is 69.1 cm³/mol. The zero-order chi connectivity index (χ0) is 13.2. The van der Waals surface area contributed by atoms with Crippen LogP contribution in [0.15, 0.2) is 0 Å². The molecule has 2 aliphatic carbocycles. The van der Waals surface area contributed by atoms with Gasteiger partial charge < -0.3 is 15.2 Å². The van der Waals surface area contributed by atoms with Gasteiger partial charge in [-0.1, -0.05) is 6.42 Å². The lowest BCUT2D eigenvalue weighted by Crippen LogP contribution is -2.45. The van der Waals surface area contributed by atoms with E-state index in [0.29, 0.717) is 18.9 Å². The van der Waals surface area contributed by atoms with Gasteiger partial charge in [-0.2, -0.15) is 0 Å². The minimum absolute atomic E-state index is 0.0854. The third-order valence-electron chi connectivity index (χ3n) is 4.82. The molecule has 0 aromatic heterocycles. The fourth-order valence-electron chi connectivity index (χ4n) is 3.41. The lowest BCUT2D eigenvalue weighted by atomic mass is 9.86. The van der Waals surface area contributed by atoms with Crippen LogP contribution in [0, 0.1) is 17.8 Å². The van der Waals surface area contributed by atoms with Gasteiger partial charge in [0.05, 0.1) is 6.61 Å². The summed E-state index contributed by atoms with van der Waals surface area (Å²) in [5.74, 6) is 2.36. The summed E-state index contributed by atoms with van der Waals surface area (Å²) in [6.07, 6.45) is 5.90. The molecule has 4 heteroatoms. The van der Waals surface area contributed by atoms with Gasteiger partial charge in [0.25, 0.3) is 0 Å². The SMILES string of the molecule is COC(C)(CO)CNC(=O)CC1CC2CCC1C2. The number of hydrogen-bond donors (Lipinski definition) is 2. The van der Waals surface area contributed by atoms with Crippen molar-refractivity contribution >= 4 is 5.91 Å². The Kier molecular flexibility index (Phi) is 4.28. The third kappa shape index (κ3) is 3.04. The van der Waals surface area contributed by atoms with Crippen LogP contribution in [0.25, 0.3) is 0 Å². The first-order chi connectivity index (χ1) is 8.56. The predicted octanol–water partition coefficient (Wildman–Crippen LogP) is 1.33. The molecule has 2 bridgehead atoms. The molecular formula is C14H25NO3. The number of aliphatic hydroxyl groups excluding tert-OH is 1. The average Bonchev–Trinajstić information content (AvgIpc) is 2.98. The van der Waals surface area contributed by atoms with Gasteiger partial charge in [-0.25, -0.2) is 0 Å². The topological polar surface area (TPSA) is 58.6 Å². The molecule has 2 fully saturated rings. The summed E-state index contributed by atoms with van der Waals surface area (Å²) in [6.45, 7) is 2.09. The lowest BCUT2D eigenvalue weighted by Gasteiger charge is -2.27. The molecule has 18 heavy (non-hydrogen) atoms. The van der Waals surface area contributed by atoms with Crippen LogP contribution >= 0.6 is 0 Å². The molecule has 4 unspecified atom stereocenters. The van der Waals surface area contributed by atoms with Crippen LogP contribution in [0.5, 0.6) is 0 Å². The normalized spacial score (nSPS) is 33.4. The van der Waals surface area contributed by atoms with Crippen molar-refractivity contribution in [3.8, 4) is 0 Å². The second kappa shape index (κ2) is 5.57. The van der Waals surface area contributed by atoms with Crippen LogP contribution in [-0.2, 0) is 9.53 Å². The Morgan fingerprint density at radius 2 is 2.22 bits per heavy atom. The van der Waals surface area contributed by atoms with Crippen LogP contribution < -0.4 is 5.32 Å². The number of nitrogens with one attached hydrogen (secondary N) is 1. The van der Waals surface area contributed by atoms with Crippen molar-refractivity contribution in [1.29, 1.82) is 0 Å². The number of carbonyl (C=O) groups excluding carboxylic acids is 1. The number of amides is 1. The van der Waals surface area contributed by atoms with E-state index in [0.717, 1.165) is 11.8 Å². The summed E-state index contributed by atoms with van der Waals surface area (Å²) in [7, 11) is 1.55. The van der Waals surface area contributed by atoms with Crippen LogP contribution in [0.1, 0.15) is 39.0 Å². The second-order valence-corrected chi connectivity index (χ2v) is 6.23. The molecule has 2 saturated carbocycles. The van der Waals surface area contributed by atoms with Crippen LogP contribution in [0.2, 0.25) is 0 Å². The van der Waals surface area contributed by atoms with Gasteiger partial charge in [0.1, 0.15) is 5.60 Å². The zero-order valence-electron chi connectivity index (χ0n) is 11.4. The van der Waals surface area contributed by atoms with Crippen molar-refractivity contribution in [3.05, 3.63) is 0 Å². The second-order valence-electron chi connectivity index (χ2n) is 6.23. The molecule has 0 saturated heterocycles. The minimum atomic E-state index is -0.662. The maximum Gasteiger partial charge on any atom is 0.220 e. The van der Waals surface area contributed by atoms with Crippen molar-refractivity contribution < 1.29 is 14.6 Å². The Hall–Kier alpha value is -0.610. The molecule has 0 heterocycles. The summed E-state index contributed by atoms with van der Waals surface area (Å²) in [5, 5.41) is 12.1. The van der Waals surface area contributed by atoms with Crippen LogP contribution in [0.4, 0.5) is 0 Å². The maximum absolute atomic E-state index is 11.9. The summed E-state index contributed by atoms with van der Waals surface area (Å²) in [6, 6.07) is 0. The summed E-state index contributed by atoms with van der Waals surface area (Å²) >= 11 is 0. The van der Waals surface area contributed by atoms with E-state index in [9.17, 15) is 9.90 Å². The number of carbonyl (C=O) groups is 1. The number of aliphatic hydroxyl groups is 1. The first-order valence-corrected chi connectivity index (χ1v) is 6.99. The summed E-state index contributed by atoms with van der Waals surface area (Å²) in [4.78, 5) is 11.9. The van der Waals surface area contributed by atoms with E-state index in [-0.39, 0.29) is 12.5 Å². The van der Waals surface area contributed by atoms with Gasteiger partial charge in [-0.3, -0.25) is 4.79 Å². The maximum atomic E-state index is 11.9. The van der Waals surface area contributed by atoms with Gasteiger partial charge in [-0.05, 0) is 43.9 Å². The first kappa shape index (κ1) is 13.8. The number of hydrogen-bond acceptors (Lipinski definition) is 3. The molecule has 4 atom stereocenters. The number of methoxy groups -OCH3 is 1. The van der Waals surface area contributed by atoms with Crippen molar-refractivity contribution in [2.75, 3.05) is 20.3 Å². The smallest absolute Gasteiger partial charge is 0.220 e. The Bertz CT molecular complexity index is 301. The molecule has 2 rings (SSSR count). The molecule has 0 radical (unpaired) electrons. The fourth-order valence-corrected chi connectivity index (χ4v) is 3.41.